The fourth-order valence-corrected chi connectivity index (χ4v) is 2.70. The summed E-state index contributed by atoms with van der Waals surface area (Å²) in [6, 6.07) is 15.7. The van der Waals surface area contributed by atoms with Crippen LogP contribution in [0, 0.1) is 6.92 Å². The second-order valence-electron chi connectivity index (χ2n) is 6.18. The molecule has 1 atom stereocenters. The van der Waals surface area contributed by atoms with Crippen LogP contribution in [-0.4, -0.2) is 31.8 Å². The minimum absolute atomic E-state index is 0.0355. The molecule has 1 aliphatic rings. The second kappa shape index (κ2) is 8.53. The van der Waals surface area contributed by atoms with Gasteiger partial charge in [0.25, 0.3) is 0 Å². The summed E-state index contributed by atoms with van der Waals surface area (Å²) in [6.45, 7) is 4.25. The average molecular weight is 340 g/mol. The molecule has 25 heavy (non-hydrogen) atoms. The number of amides is 1. The molecule has 5 nitrogen and oxygen atoms in total. The molecule has 0 saturated carbocycles. The van der Waals surface area contributed by atoms with Gasteiger partial charge in [-0.2, -0.15) is 0 Å². The maximum atomic E-state index is 12.0. The number of carbonyl (C=O) groups is 1. The number of hydrogen-bond acceptors (Lipinski definition) is 4. The van der Waals surface area contributed by atoms with Gasteiger partial charge in [-0.05, 0) is 42.3 Å². The van der Waals surface area contributed by atoms with E-state index in [4.69, 9.17) is 9.47 Å². The van der Waals surface area contributed by atoms with Crippen LogP contribution in [0.15, 0.2) is 48.5 Å². The van der Waals surface area contributed by atoms with Gasteiger partial charge >= 0.3 is 0 Å². The molecular formula is C20H24N2O3. The number of hydrogen-bond donors (Lipinski definition) is 2. The molecule has 2 aromatic carbocycles. The topological polar surface area (TPSA) is 59.6 Å². The first-order valence-electron chi connectivity index (χ1n) is 8.60. The van der Waals surface area contributed by atoms with Gasteiger partial charge in [-0.15, -0.1) is 0 Å². The predicted molar refractivity (Wildman–Crippen MR) is 97.8 cm³/mol. The van der Waals surface area contributed by atoms with Gasteiger partial charge in [0.2, 0.25) is 5.91 Å². The minimum Gasteiger partial charge on any atom is -0.488 e. The van der Waals surface area contributed by atoms with Crippen LogP contribution in [0.5, 0.6) is 5.75 Å². The summed E-state index contributed by atoms with van der Waals surface area (Å²) >= 11 is 0. The number of ether oxygens (including phenoxy) is 2. The Bertz CT molecular complexity index is 694. The summed E-state index contributed by atoms with van der Waals surface area (Å²) in [7, 11) is 0. The number of benzene rings is 2. The van der Waals surface area contributed by atoms with Crippen LogP contribution in [0.4, 0.5) is 5.69 Å². The molecule has 3 rings (SSSR count). The minimum atomic E-state index is -0.0355. The van der Waals surface area contributed by atoms with E-state index in [2.05, 4.69) is 10.6 Å². The first-order chi connectivity index (χ1) is 12.2. The van der Waals surface area contributed by atoms with Gasteiger partial charge in [0.15, 0.2) is 0 Å². The molecule has 1 amide bonds. The Morgan fingerprint density at radius 3 is 2.72 bits per heavy atom. The molecule has 0 radical (unpaired) electrons. The van der Waals surface area contributed by atoms with E-state index in [1.807, 2.05) is 55.5 Å². The Morgan fingerprint density at radius 2 is 2.00 bits per heavy atom. The Hall–Kier alpha value is -2.53. The number of aryl methyl sites for hydroxylation is 1. The van der Waals surface area contributed by atoms with E-state index >= 15 is 0 Å². The summed E-state index contributed by atoms with van der Waals surface area (Å²) < 4.78 is 11.1. The van der Waals surface area contributed by atoms with Gasteiger partial charge < -0.3 is 20.1 Å². The normalized spacial score (nSPS) is 16.4. The third-order valence-electron chi connectivity index (χ3n) is 4.24. The Balaban J connectivity index is 1.41. The van der Waals surface area contributed by atoms with Crippen LogP contribution in [0.1, 0.15) is 17.5 Å². The lowest BCUT2D eigenvalue weighted by molar-refractivity contribution is -0.119. The summed E-state index contributed by atoms with van der Waals surface area (Å²) in [5.74, 6) is 0.789. The van der Waals surface area contributed by atoms with Gasteiger partial charge in [0, 0.05) is 18.7 Å². The largest absolute Gasteiger partial charge is 0.488 e. The van der Waals surface area contributed by atoms with E-state index < -0.39 is 0 Å². The first-order valence-corrected chi connectivity index (χ1v) is 8.60. The Kier molecular flexibility index (Phi) is 5.90. The van der Waals surface area contributed by atoms with Gasteiger partial charge in [-0.1, -0.05) is 24.3 Å². The molecule has 0 unspecified atom stereocenters. The molecule has 132 valence electrons. The van der Waals surface area contributed by atoms with Crippen molar-refractivity contribution in [3.63, 3.8) is 0 Å². The van der Waals surface area contributed by atoms with Crippen molar-refractivity contribution in [3.8, 4) is 5.75 Å². The molecule has 5 heteroatoms. The summed E-state index contributed by atoms with van der Waals surface area (Å²) in [6.07, 6.45) is 1.08. The average Bonchev–Trinajstić information content (AvgIpc) is 3.13. The molecule has 2 N–H and O–H groups in total. The van der Waals surface area contributed by atoms with Gasteiger partial charge in [0.1, 0.15) is 11.9 Å². The lowest BCUT2D eigenvalue weighted by Gasteiger charge is -2.13. The molecule has 1 fully saturated rings. The van der Waals surface area contributed by atoms with E-state index in [0.29, 0.717) is 13.2 Å². The van der Waals surface area contributed by atoms with Crippen molar-refractivity contribution in [2.24, 2.45) is 0 Å². The molecule has 0 spiro atoms. The molecule has 0 aliphatic carbocycles. The molecule has 2 aromatic rings. The lowest BCUT2D eigenvalue weighted by atomic mass is 10.1. The fourth-order valence-electron chi connectivity index (χ4n) is 2.70. The van der Waals surface area contributed by atoms with E-state index in [9.17, 15) is 4.79 Å². The summed E-state index contributed by atoms with van der Waals surface area (Å²) in [5.41, 5.74) is 3.20. The fraction of sp³-hybridized carbons (Fsp3) is 0.350. The maximum absolute atomic E-state index is 12.0. The van der Waals surface area contributed by atoms with Crippen molar-refractivity contribution >= 4 is 11.6 Å². The standard InChI is InChI=1S/C20H24N2O3/c1-15-4-2-3-5-16(15)12-22-20(23)13-21-17-6-8-18(9-7-17)25-19-10-11-24-14-19/h2-9,19,21H,10-14H2,1H3,(H,22,23)/t19-/m1/s1. The molecule has 0 bridgehead atoms. The highest BCUT2D eigenvalue weighted by Gasteiger charge is 2.16. The third kappa shape index (κ3) is 5.22. The molecule has 1 aliphatic heterocycles. The third-order valence-corrected chi connectivity index (χ3v) is 4.24. The van der Waals surface area contributed by atoms with Crippen LogP contribution in [0.3, 0.4) is 0 Å². The number of carbonyl (C=O) groups excluding carboxylic acids is 1. The van der Waals surface area contributed by atoms with Crippen molar-refractivity contribution in [1.82, 2.24) is 5.32 Å². The quantitative estimate of drug-likeness (QED) is 0.814. The van der Waals surface area contributed by atoms with Crippen molar-refractivity contribution in [2.75, 3.05) is 25.1 Å². The molecule has 1 heterocycles. The summed E-state index contributed by atoms with van der Waals surface area (Å²) in [5, 5.41) is 6.05. The predicted octanol–water partition coefficient (Wildman–Crippen LogP) is 2.89. The number of rotatable bonds is 7. The second-order valence-corrected chi connectivity index (χ2v) is 6.18. The lowest BCUT2D eigenvalue weighted by Crippen LogP contribution is -2.29. The van der Waals surface area contributed by atoms with E-state index in [1.165, 1.54) is 5.56 Å². The van der Waals surface area contributed by atoms with Gasteiger partial charge in [0.05, 0.1) is 19.8 Å². The SMILES string of the molecule is Cc1ccccc1CNC(=O)CNc1ccc(O[C@@H]2CCOC2)cc1. The Labute approximate surface area is 148 Å². The number of nitrogens with one attached hydrogen (secondary N) is 2. The first kappa shape index (κ1) is 17.3. The van der Waals surface area contributed by atoms with Crippen LogP contribution in [-0.2, 0) is 16.1 Å². The van der Waals surface area contributed by atoms with E-state index in [0.717, 1.165) is 30.0 Å². The van der Waals surface area contributed by atoms with Crippen LogP contribution in [0.25, 0.3) is 0 Å². The van der Waals surface area contributed by atoms with Crippen molar-refractivity contribution in [3.05, 3.63) is 59.7 Å². The maximum Gasteiger partial charge on any atom is 0.239 e. The molecule has 1 saturated heterocycles. The van der Waals surface area contributed by atoms with Crippen LogP contribution >= 0.6 is 0 Å². The van der Waals surface area contributed by atoms with Gasteiger partial charge in [-0.3, -0.25) is 4.79 Å². The highest BCUT2D eigenvalue weighted by Crippen LogP contribution is 2.19. The molecule has 0 aromatic heterocycles. The van der Waals surface area contributed by atoms with E-state index in [1.54, 1.807) is 0 Å². The molecular weight excluding hydrogens is 316 g/mol. The smallest absolute Gasteiger partial charge is 0.239 e. The highest BCUT2D eigenvalue weighted by atomic mass is 16.5. The van der Waals surface area contributed by atoms with E-state index in [-0.39, 0.29) is 18.6 Å². The van der Waals surface area contributed by atoms with Crippen molar-refractivity contribution in [2.45, 2.75) is 26.0 Å². The zero-order valence-electron chi connectivity index (χ0n) is 14.5. The zero-order chi connectivity index (χ0) is 17.5. The van der Waals surface area contributed by atoms with Crippen LogP contribution < -0.4 is 15.4 Å². The zero-order valence-corrected chi connectivity index (χ0v) is 14.5. The number of anilines is 1. The van der Waals surface area contributed by atoms with Crippen molar-refractivity contribution < 1.29 is 14.3 Å². The highest BCUT2D eigenvalue weighted by molar-refractivity contribution is 5.80. The Morgan fingerprint density at radius 1 is 1.20 bits per heavy atom. The van der Waals surface area contributed by atoms with Crippen LogP contribution in [0.2, 0.25) is 0 Å². The summed E-state index contributed by atoms with van der Waals surface area (Å²) in [4.78, 5) is 12.0. The van der Waals surface area contributed by atoms with Crippen molar-refractivity contribution in [1.29, 1.82) is 0 Å². The van der Waals surface area contributed by atoms with Gasteiger partial charge in [-0.25, -0.2) is 0 Å². The monoisotopic (exact) mass is 340 g/mol.